The minimum Gasteiger partial charge on any atom is -0.354 e. The lowest BCUT2D eigenvalue weighted by molar-refractivity contribution is -0.122. The maximum atomic E-state index is 12.3. The molecule has 1 aliphatic heterocycles. The molecular formula is C19H31N5O. The number of carbonyl (C=O) groups is 1. The second-order valence-corrected chi connectivity index (χ2v) is 7.46. The molecule has 2 atom stereocenters. The summed E-state index contributed by atoms with van der Waals surface area (Å²) >= 11 is 0. The Labute approximate surface area is 150 Å². The van der Waals surface area contributed by atoms with Gasteiger partial charge in [0.2, 0.25) is 5.91 Å². The summed E-state index contributed by atoms with van der Waals surface area (Å²) in [7, 11) is 0. The van der Waals surface area contributed by atoms with E-state index in [0.717, 1.165) is 50.5 Å². The molecule has 0 unspecified atom stereocenters. The van der Waals surface area contributed by atoms with Gasteiger partial charge in [0.1, 0.15) is 11.6 Å². The number of nitrogens with zero attached hydrogens (tertiary/aromatic N) is 3. The fraction of sp³-hybridized carbons (Fsp3) is 0.737. The highest BCUT2D eigenvalue weighted by Crippen LogP contribution is 2.20. The molecule has 2 heterocycles. The monoisotopic (exact) mass is 345 g/mol. The average molecular weight is 345 g/mol. The first-order chi connectivity index (χ1) is 12.1. The van der Waals surface area contributed by atoms with E-state index < -0.39 is 0 Å². The van der Waals surface area contributed by atoms with Gasteiger partial charge in [0.05, 0.1) is 6.04 Å². The Bertz CT molecular complexity index is 621. The molecule has 1 aliphatic carbocycles. The van der Waals surface area contributed by atoms with Gasteiger partial charge >= 0.3 is 0 Å². The molecular weight excluding hydrogens is 314 g/mol. The molecule has 138 valence electrons. The van der Waals surface area contributed by atoms with Gasteiger partial charge in [0.15, 0.2) is 0 Å². The predicted octanol–water partition coefficient (Wildman–Crippen LogP) is 2.13. The maximum absolute atomic E-state index is 12.3. The van der Waals surface area contributed by atoms with E-state index >= 15 is 0 Å². The number of allylic oxidation sites excluding steroid dienone is 1. The van der Waals surface area contributed by atoms with Crippen molar-refractivity contribution in [2.75, 3.05) is 13.1 Å². The normalized spacial score (nSPS) is 21.4. The molecule has 6 heteroatoms. The summed E-state index contributed by atoms with van der Waals surface area (Å²) < 4.78 is 2.21. The van der Waals surface area contributed by atoms with Crippen LogP contribution in [0.4, 0.5) is 0 Å². The van der Waals surface area contributed by atoms with Gasteiger partial charge in [0.25, 0.3) is 0 Å². The molecule has 0 spiro atoms. The standard InChI is InChI=1S/C19H31N5O/c1-14(19(25)20-11-10-16-6-4-3-5-7-16)21-12-17-8-9-18-23-22-15(2)24(18)13-17/h6,14,17,21H,3-5,7-13H2,1-2H3,(H,20,25)/t14-,17-/m1/s1. The molecule has 0 radical (unpaired) electrons. The minimum atomic E-state index is -0.149. The van der Waals surface area contributed by atoms with Crippen LogP contribution in [0.1, 0.15) is 57.1 Å². The van der Waals surface area contributed by atoms with Crippen molar-refractivity contribution in [1.82, 2.24) is 25.4 Å². The van der Waals surface area contributed by atoms with Crippen molar-refractivity contribution in [2.24, 2.45) is 5.92 Å². The van der Waals surface area contributed by atoms with Crippen LogP contribution in [0.5, 0.6) is 0 Å². The Hall–Kier alpha value is -1.69. The Balaban J connectivity index is 1.36. The topological polar surface area (TPSA) is 71.8 Å². The van der Waals surface area contributed by atoms with Gasteiger partial charge in [-0.3, -0.25) is 4.79 Å². The smallest absolute Gasteiger partial charge is 0.236 e. The third-order valence-electron chi connectivity index (χ3n) is 5.47. The van der Waals surface area contributed by atoms with Crippen LogP contribution in [0, 0.1) is 12.8 Å². The van der Waals surface area contributed by atoms with Gasteiger partial charge < -0.3 is 15.2 Å². The van der Waals surface area contributed by atoms with Crippen LogP contribution in [0.3, 0.4) is 0 Å². The quantitative estimate of drug-likeness (QED) is 0.743. The van der Waals surface area contributed by atoms with Crippen molar-refractivity contribution in [3.8, 4) is 0 Å². The summed E-state index contributed by atoms with van der Waals surface area (Å²) in [5.74, 6) is 2.72. The van der Waals surface area contributed by atoms with E-state index in [1.54, 1.807) is 0 Å². The number of aryl methyl sites for hydroxylation is 2. The van der Waals surface area contributed by atoms with Crippen LogP contribution >= 0.6 is 0 Å². The number of aromatic nitrogens is 3. The number of hydrogen-bond acceptors (Lipinski definition) is 4. The van der Waals surface area contributed by atoms with Crippen molar-refractivity contribution in [2.45, 2.75) is 71.4 Å². The predicted molar refractivity (Wildman–Crippen MR) is 98.2 cm³/mol. The Kier molecular flexibility index (Phi) is 6.24. The SMILES string of the molecule is Cc1nnc2n1C[C@@H](CN[C@H](C)C(=O)NCCC1=CCCCC1)CC2. The number of hydrogen-bond donors (Lipinski definition) is 2. The molecule has 2 N–H and O–H groups in total. The summed E-state index contributed by atoms with van der Waals surface area (Å²) in [6, 6.07) is -0.149. The zero-order valence-corrected chi connectivity index (χ0v) is 15.6. The Morgan fingerprint density at radius 2 is 2.24 bits per heavy atom. The van der Waals surface area contributed by atoms with E-state index in [1.807, 2.05) is 13.8 Å². The van der Waals surface area contributed by atoms with Gasteiger partial charge in [0, 0.05) is 26.1 Å². The molecule has 1 amide bonds. The highest BCUT2D eigenvalue weighted by atomic mass is 16.2. The molecule has 3 rings (SSSR count). The van der Waals surface area contributed by atoms with Gasteiger partial charge in [-0.05, 0) is 58.3 Å². The summed E-state index contributed by atoms with van der Waals surface area (Å²) in [6.45, 7) is 6.52. The molecule has 0 bridgehead atoms. The first-order valence-corrected chi connectivity index (χ1v) is 9.71. The number of rotatable bonds is 7. The van der Waals surface area contributed by atoms with Crippen LogP contribution in [0.25, 0.3) is 0 Å². The van der Waals surface area contributed by atoms with Crippen LogP contribution < -0.4 is 10.6 Å². The van der Waals surface area contributed by atoms with Gasteiger partial charge in [-0.25, -0.2) is 0 Å². The lowest BCUT2D eigenvalue weighted by atomic mass is 9.97. The third-order valence-corrected chi connectivity index (χ3v) is 5.47. The number of carbonyl (C=O) groups excluding carboxylic acids is 1. The first kappa shape index (κ1) is 18.1. The molecule has 2 aliphatic rings. The van der Waals surface area contributed by atoms with Crippen molar-refractivity contribution in [1.29, 1.82) is 0 Å². The number of nitrogens with one attached hydrogen (secondary N) is 2. The van der Waals surface area contributed by atoms with Crippen molar-refractivity contribution >= 4 is 5.91 Å². The van der Waals surface area contributed by atoms with Gasteiger partial charge in [-0.15, -0.1) is 10.2 Å². The first-order valence-electron chi connectivity index (χ1n) is 9.71. The zero-order chi connectivity index (χ0) is 17.6. The Morgan fingerprint density at radius 1 is 1.36 bits per heavy atom. The number of fused-ring (bicyclic) bond motifs is 1. The fourth-order valence-corrected chi connectivity index (χ4v) is 3.76. The molecule has 25 heavy (non-hydrogen) atoms. The minimum absolute atomic E-state index is 0.105. The van der Waals surface area contributed by atoms with Gasteiger partial charge in [-0.1, -0.05) is 11.6 Å². The molecule has 0 saturated heterocycles. The van der Waals surface area contributed by atoms with E-state index in [0.29, 0.717) is 5.92 Å². The van der Waals surface area contributed by atoms with Gasteiger partial charge in [-0.2, -0.15) is 0 Å². The van der Waals surface area contributed by atoms with Crippen molar-refractivity contribution in [3.63, 3.8) is 0 Å². The van der Waals surface area contributed by atoms with E-state index in [4.69, 9.17) is 0 Å². The van der Waals surface area contributed by atoms with Crippen LogP contribution in [0.15, 0.2) is 11.6 Å². The second-order valence-electron chi connectivity index (χ2n) is 7.46. The van der Waals surface area contributed by atoms with Crippen LogP contribution in [0.2, 0.25) is 0 Å². The summed E-state index contributed by atoms with van der Waals surface area (Å²) in [6.07, 6.45) is 10.4. The molecule has 1 aromatic heterocycles. The van der Waals surface area contributed by atoms with Crippen LogP contribution in [-0.4, -0.2) is 39.8 Å². The molecule has 0 aromatic carbocycles. The summed E-state index contributed by atoms with van der Waals surface area (Å²) in [4.78, 5) is 12.3. The van der Waals surface area contributed by atoms with E-state index in [-0.39, 0.29) is 11.9 Å². The average Bonchev–Trinajstić information content (AvgIpc) is 3.01. The van der Waals surface area contributed by atoms with E-state index in [1.165, 1.54) is 31.3 Å². The van der Waals surface area contributed by atoms with Crippen LogP contribution in [-0.2, 0) is 17.8 Å². The molecule has 0 saturated carbocycles. The Morgan fingerprint density at radius 3 is 3.04 bits per heavy atom. The fourth-order valence-electron chi connectivity index (χ4n) is 3.76. The van der Waals surface area contributed by atoms with E-state index in [2.05, 4.69) is 31.5 Å². The largest absolute Gasteiger partial charge is 0.354 e. The zero-order valence-electron chi connectivity index (χ0n) is 15.6. The number of amides is 1. The highest BCUT2D eigenvalue weighted by molar-refractivity contribution is 5.81. The molecule has 6 nitrogen and oxygen atoms in total. The maximum Gasteiger partial charge on any atom is 0.236 e. The van der Waals surface area contributed by atoms with Crippen molar-refractivity contribution in [3.05, 3.63) is 23.3 Å². The highest BCUT2D eigenvalue weighted by Gasteiger charge is 2.22. The summed E-state index contributed by atoms with van der Waals surface area (Å²) in [5, 5.41) is 14.8. The lowest BCUT2D eigenvalue weighted by Crippen LogP contribution is -2.45. The molecule has 0 fully saturated rings. The summed E-state index contributed by atoms with van der Waals surface area (Å²) in [5.41, 5.74) is 1.51. The lowest BCUT2D eigenvalue weighted by Gasteiger charge is -2.25. The third kappa shape index (κ3) is 4.91. The second kappa shape index (κ2) is 8.61. The van der Waals surface area contributed by atoms with E-state index in [9.17, 15) is 4.79 Å². The van der Waals surface area contributed by atoms with Crippen molar-refractivity contribution < 1.29 is 4.79 Å². The molecule has 1 aromatic rings.